The minimum absolute atomic E-state index is 0.635. The number of rotatable bonds is 4. The van der Waals surface area contributed by atoms with Crippen LogP contribution in [0.2, 0.25) is 0 Å². The van der Waals surface area contributed by atoms with E-state index in [-0.39, 0.29) is 0 Å². The molecule has 1 saturated heterocycles. The monoisotopic (exact) mass is 238 g/mol. The van der Waals surface area contributed by atoms with Gasteiger partial charge < -0.3 is 10.2 Å². The van der Waals surface area contributed by atoms with Gasteiger partial charge in [0, 0.05) is 25.2 Å². The van der Waals surface area contributed by atoms with Gasteiger partial charge in [0.2, 0.25) is 0 Å². The van der Waals surface area contributed by atoms with Crippen molar-refractivity contribution in [3.8, 4) is 0 Å². The summed E-state index contributed by atoms with van der Waals surface area (Å²) < 4.78 is 0. The highest BCUT2D eigenvalue weighted by Crippen LogP contribution is 2.29. The molecule has 2 nitrogen and oxygen atoms in total. The van der Waals surface area contributed by atoms with E-state index in [0.29, 0.717) is 6.04 Å². The summed E-state index contributed by atoms with van der Waals surface area (Å²) in [5.41, 5.74) is 0. The molecule has 1 N–H and O–H groups in total. The number of likely N-dealkylation sites (tertiary alicyclic amines) is 1. The fourth-order valence-corrected chi connectivity index (χ4v) is 3.48. The van der Waals surface area contributed by atoms with Crippen LogP contribution in [0.1, 0.15) is 52.9 Å². The Morgan fingerprint density at radius 2 is 1.82 bits per heavy atom. The Bertz CT molecular complexity index is 219. The molecule has 1 saturated carbocycles. The van der Waals surface area contributed by atoms with E-state index >= 15 is 0 Å². The topological polar surface area (TPSA) is 15.3 Å². The second kappa shape index (κ2) is 6.19. The average Bonchev–Trinajstić information content (AvgIpc) is 2.68. The fraction of sp³-hybridized carbons (Fsp3) is 1.00. The van der Waals surface area contributed by atoms with Crippen LogP contribution in [-0.2, 0) is 0 Å². The molecule has 0 spiro atoms. The van der Waals surface area contributed by atoms with Gasteiger partial charge in [-0.2, -0.15) is 0 Å². The quantitative estimate of drug-likeness (QED) is 0.810. The van der Waals surface area contributed by atoms with Crippen molar-refractivity contribution in [1.29, 1.82) is 0 Å². The molecule has 2 heteroatoms. The SMILES string of the molecule is CC1CCC(CN2CCC(NC(C)C)C2)CC1. The highest BCUT2D eigenvalue weighted by Gasteiger charge is 2.26. The van der Waals surface area contributed by atoms with Crippen molar-refractivity contribution in [1.82, 2.24) is 10.2 Å². The first-order chi connectivity index (χ1) is 8.13. The Balaban J connectivity index is 1.67. The van der Waals surface area contributed by atoms with Gasteiger partial charge in [-0.3, -0.25) is 0 Å². The molecule has 1 heterocycles. The Labute approximate surface area is 107 Å². The zero-order valence-corrected chi connectivity index (χ0v) is 11.9. The van der Waals surface area contributed by atoms with Gasteiger partial charge in [0.15, 0.2) is 0 Å². The first kappa shape index (κ1) is 13.4. The van der Waals surface area contributed by atoms with Crippen molar-refractivity contribution >= 4 is 0 Å². The van der Waals surface area contributed by atoms with Crippen LogP contribution in [0.5, 0.6) is 0 Å². The Hall–Kier alpha value is -0.0800. The van der Waals surface area contributed by atoms with E-state index in [1.54, 1.807) is 0 Å². The van der Waals surface area contributed by atoms with Crippen molar-refractivity contribution in [3.05, 3.63) is 0 Å². The van der Waals surface area contributed by atoms with Gasteiger partial charge in [0.1, 0.15) is 0 Å². The molecule has 0 aromatic carbocycles. The molecule has 2 rings (SSSR count). The number of nitrogens with one attached hydrogen (secondary N) is 1. The van der Waals surface area contributed by atoms with E-state index in [2.05, 4.69) is 31.0 Å². The molecule has 0 amide bonds. The summed E-state index contributed by atoms with van der Waals surface area (Å²) in [6.07, 6.45) is 7.22. The smallest absolute Gasteiger partial charge is 0.0209 e. The summed E-state index contributed by atoms with van der Waals surface area (Å²) in [4.78, 5) is 2.70. The van der Waals surface area contributed by atoms with E-state index in [9.17, 15) is 0 Å². The standard InChI is InChI=1S/C15H30N2/c1-12(2)16-15-8-9-17(11-15)10-14-6-4-13(3)5-7-14/h12-16H,4-11H2,1-3H3. The second-order valence-corrected chi connectivity index (χ2v) is 6.69. The molecule has 0 bridgehead atoms. The first-order valence-electron chi connectivity index (χ1n) is 7.62. The van der Waals surface area contributed by atoms with Crippen LogP contribution in [0, 0.1) is 11.8 Å². The maximum Gasteiger partial charge on any atom is 0.0209 e. The number of nitrogens with zero attached hydrogens (tertiary/aromatic N) is 1. The molecular weight excluding hydrogens is 208 g/mol. The van der Waals surface area contributed by atoms with E-state index in [1.807, 2.05) is 0 Å². The Kier molecular flexibility index (Phi) is 4.87. The molecular formula is C15H30N2. The second-order valence-electron chi connectivity index (χ2n) is 6.69. The average molecular weight is 238 g/mol. The van der Waals surface area contributed by atoms with Gasteiger partial charge in [0.05, 0.1) is 0 Å². The lowest BCUT2D eigenvalue weighted by atomic mass is 9.83. The van der Waals surface area contributed by atoms with Gasteiger partial charge in [-0.15, -0.1) is 0 Å². The number of hydrogen-bond donors (Lipinski definition) is 1. The van der Waals surface area contributed by atoms with Gasteiger partial charge in [-0.1, -0.05) is 33.6 Å². The molecule has 0 radical (unpaired) electrons. The molecule has 1 aliphatic carbocycles. The first-order valence-corrected chi connectivity index (χ1v) is 7.62. The van der Waals surface area contributed by atoms with E-state index in [1.165, 1.54) is 51.7 Å². The molecule has 1 aliphatic heterocycles. The maximum absolute atomic E-state index is 3.67. The molecule has 17 heavy (non-hydrogen) atoms. The summed E-state index contributed by atoms with van der Waals surface area (Å²) in [6.45, 7) is 10.9. The summed E-state index contributed by atoms with van der Waals surface area (Å²) in [5, 5.41) is 3.67. The van der Waals surface area contributed by atoms with Crippen LogP contribution in [0.4, 0.5) is 0 Å². The van der Waals surface area contributed by atoms with Crippen LogP contribution < -0.4 is 5.32 Å². The molecule has 2 aliphatic rings. The van der Waals surface area contributed by atoms with E-state index in [4.69, 9.17) is 0 Å². The van der Waals surface area contributed by atoms with Crippen LogP contribution in [0.3, 0.4) is 0 Å². The van der Waals surface area contributed by atoms with Gasteiger partial charge in [0.25, 0.3) is 0 Å². The lowest BCUT2D eigenvalue weighted by Crippen LogP contribution is -2.38. The highest BCUT2D eigenvalue weighted by molar-refractivity contribution is 4.84. The maximum atomic E-state index is 3.67. The van der Waals surface area contributed by atoms with Crippen LogP contribution in [0.15, 0.2) is 0 Å². The third-order valence-corrected chi connectivity index (χ3v) is 4.49. The van der Waals surface area contributed by atoms with Crippen LogP contribution in [-0.4, -0.2) is 36.6 Å². The molecule has 100 valence electrons. The zero-order valence-electron chi connectivity index (χ0n) is 11.9. The Morgan fingerprint density at radius 3 is 2.47 bits per heavy atom. The highest BCUT2D eigenvalue weighted by atomic mass is 15.2. The predicted octanol–water partition coefficient (Wildman–Crippen LogP) is 2.89. The fourth-order valence-electron chi connectivity index (χ4n) is 3.48. The van der Waals surface area contributed by atoms with Crippen molar-refractivity contribution < 1.29 is 0 Å². The van der Waals surface area contributed by atoms with Crippen LogP contribution >= 0.6 is 0 Å². The minimum Gasteiger partial charge on any atom is -0.310 e. The Morgan fingerprint density at radius 1 is 1.12 bits per heavy atom. The predicted molar refractivity (Wildman–Crippen MR) is 74.2 cm³/mol. The van der Waals surface area contributed by atoms with Crippen molar-refractivity contribution in [3.63, 3.8) is 0 Å². The van der Waals surface area contributed by atoms with E-state index in [0.717, 1.165) is 17.9 Å². The lowest BCUT2D eigenvalue weighted by Gasteiger charge is -2.29. The molecule has 1 unspecified atom stereocenters. The molecule has 0 aromatic rings. The minimum atomic E-state index is 0.635. The van der Waals surface area contributed by atoms with Crippen molar-refractivity contribution in [2.75, 3.05) is 19.6 Å². The van der Waals surface area contributed by atoms with Crippen molar-refractivity contribution in [2.24, 2.45) is 11.8 Å². The molecule has 2 fully saturated rings. The lowest BCUT2D eigenvalue weighted by molar-refractivity contribution is 0.206. The van der Waals surface area contributed by atoms with Gasteiger partial charge in [-0.25, -0.2) is 0 Å². The summed E-state index contributed by atoms with van der Waals surface area (Å²) in [7, 11) is 0. The molecule has 0 aromatic heterocycles. The van der Waals surface area contributed by atoms with Crippen LogP contribution in [0.25, 0.3) is 0 Å². The number of hydrogen-bond acceptors (Lipinski definition) is 2. The summed E-state index contributed by atoms with van der Waals surface area (Å²) in [5.74, 6) is 1.98. The zero-order chi connectivity index (χ0) is 12.3. The third kappa shape index (κ3) is 4.26. The van der Waals surface area contributed by atoms with Gasteiger partial charge >= 0.3 is 0 Å². The van der Waals surface area contributed by atoms with Crippen molar-refractivity contribution in [2.45, 2.75) is 65.0 Å². The summed E-state index contributed by atoms with van der Waals surface area (Å²) >= 11 is 0. The summed E-state index contributed by atoms with van der Waals surface area (Å²) in [6, 6.07) is 1.38. The van der Waals surface area contributed by atoms with E-state index < -0.39 is 0 Å². The third-order valence-electron chi connectivity index (χ3n) is 4.49. The van der Waals surface area contributed by atoms with Gasteiger partial charge in [-0.05, 0) is 37.6 Å². The normalized spacial score (nSPS) is 35.6. The molecule has 1 atom stereocenters. The largest absolute Gasteiger partial charge is 0.310 e.